The minimum absolute atomic E-state index is 0.00291. The normalized spacial score (nSPS) is 64.2. The van der Waals surface area contributed by atoms with E-state index in [0.29, 0.717) is 16.2 Å². The highest BCUT2D eigenvalue weighted by Gasteiger charge is 2.76. The van der Waals surface area contributed by atoms with Crippen LogP contribution in [0.25, 0.3) is 0 Å². The molecule has 5 aliphatic rings. The predicted octanol–water partition coefficient (Wildman–Crippen LogP) is 4.93. The maximum absolute atomic E-state index is 11.0. The first kappa shape index (κ1) is 13.8. The van der Waals surface area contributed by atoms with Crippen molar-refractivity contribution in [2.45, 2.75) is 64.9 Å². The monoisotopic (exact) mass is 398 g/mol. The number of hydrogen-bond acceptors (Lipinski definition) is 1. The van der Waals surface area contributed by atoms with Crippen LogP contribution < -0.4 is 0 Å². The summed E-state index contributed by atoms with van der Waals surface area (Å²) in [6.45, 7) is 5.07. The summed E-state index contributed by atoms with van der Waals surface area (Å²) >= 11 is 2.60. The first-order valence-electron chi connectivity index (χ1n) is 8.98. The van der Waals surface area contributed by atoms with Crippen LogP contribution in [0.2, 0.25) is 0 Å². The molecule has 0 heterocycles. The Kier molecular flexibility index (Phi) is 2.57. The highest BCUT2D eigenvalue weighted by atomic mass is 127. The van der Waals surface area contributed by atoms with Gasteiger partial charge in [-0.2, -0.15) is 0 Å². The number of rotatable bonds is 0. The largest absolute Gasteiger partial charge is 0.393 e. The van der Waals surface area contributed by atoms with E-state index in [2.05, 4.69) is 42.5 Å². The molecular formula is C19H27IO. The molecular weight excluding hydrogens is 371 g/mol. The molecule has 0 amide bonds. The molecule has 21 heavy (non-hydrogen) atoms. The Morgan fingerprint density at radius 2 is 2.00 bits per heavy atom. The van der Waals surface area contributed by atoms with Crippen LogP contribution in [-0.4, -0.2) is 11.2 Å². The lowest BCUT2D eigenvalue weighted by atomic mass is 9.46. The lowest BCUT2D eigenvalue weighted by molar-refractivity contribution is -0.141. The number of allylic oxidation sites excluding steroid dienone is 2. The van der Waals surface area contributed by atoms with E-state index < -0.39 is 0 Å². The number of halogens is 1. The smallest absolute Gasteiger partial charge is 0.0607 e. The molecule has 1 nitrogen and oxygen atoms in total. The summed E-state index contributed by atoms with van der Waals surface area (Å²) in [7, 11) is 0. The van der Waals surface area contributed by atoms with Crippen molar-refractivity contribution in [1.82, 2.24) is 0 Å². The molecule has 4 saturated carbocycles. The third-order valence-electron chi connectivity index (χ3n) is 9.06. The van der Waals surface area contributed by atoms with Crippen molar-refractivity contribution in [3.05, 3.63) is 9.66 Å². The van der Waals surface area contributed by atoms with Gasteiger partial charge in [-0.3, -0.25) is 0 Å². The summed E-state index contributed by atoms with van der Waals surface area (Å²) < 4.78 is 1.61. The summed E-state index contributed by atoms with van der Waals surface area (Å²) in [5, 5.41) is 11.0. The van der Waals surface area contributed by atoms with Crippen molar-refractivity contribution < 1.29 is 5.11 Å². The maximum atomic E-state index is 11.0. The standard InChI is InChI=1S/C19H27IO/c1-17-7-6-14-12(13(17)3-4-15(17)20)9-16(21)19-10-11(19)5-8-18(14,19)2/h4,11-14,16,21H,3,5-10H2,1-2H3/t11-,12-,13-,14-,16+,17-,18+,19-/m0/s1. The molecule has 0 aromatic carbocycles. The van der Waals surface area contributed by atoms with Crippen LogP contribution in [0, 0.1) is 39.9 Å². The summed E-state index contributed by atoms with van der Waals surface area (Å²) in [5.74, 6) is 3.35. The first-order valence-corrected chi connectivity index (χ1v) is 10.1. The quantitative estimate of drug-likeness (QED) is 0.574. The van der Waals surface area contributed by atoms with E-state index in [4.69, 9.17) is 0 Å². The Hall–Kier alpha value is 0.430. The fourth-order valence-electron chi connectivity index (χ4n) is 7.82. The highest BCUT2D eigenvalue weighted by Crippen LogP contribution is 2.81. The zero-order chi connectivity index (χ0) is 14.6. The van der Waals surface area contributed by atoms with Gasteiger partial charge in [0.25, 0.3) is 0 Å². The van der Waals surface area contributed by atoms with Crippen molar-refractivity contribution in [3.8, 4) is 0 Å². The predicted molar refractivity (Wildman–Crippen MR) is 93.0 cm³/mol. The highest BCUT2D eigenvalue weighted by molar-refractivity contribution is 14.1. The van der Waals surface area contributed by atoms with Gasteiger partial charge in [0, 0.05) is 10.8 Å². The molecule has 5 aliphatic carbocycles. The van der Waals surface area contributed by atoms with E-state index in [1.807, 2.05) is 0 Å². The van der Waals surface area contributed by atoms with Crippen LogP contribution in [0.4, 0.5) is 0 Å². The molecule has 0 aliphatic heterocycles. The molecule has 0 unspecified atom stereocenters. The molecule has 0 aromatic heterocycles. The molecule has 0 saturated heterocycles. The summed E-state index contributed by atoms with van der Waals surface area (Å²) in [6, 6.07) is 0. The van der Waals surface area contributed by atoms with Crippen molar-refractivity contribution in [1.29, 1.82) is 0 Å². The van der Waals surface area contributed by atoms with Gasteiger partial charge in [-0.1, -0.05) is 19.9 Å². The van der Waals surface area contributed by atoms with Gasteiger partial charge >= 0.3 is 0 Å². The zero-order valence-corrected chi connectivity index (χ0v) is 15.4. The van der Waals surface area contributed by atoms with Gasteiger partial charge in [0.1, 0.15) is 0 Å². The van der Waals surface area contributed by atoms with Crippen molar-refractivity contribution in [2.24, 2.45) is 39.9 Å². The van der Waals surface area contributed by atoms with Crippen LogP contribution in [-0.2, 0) is 0 Å². The minimum Gasteiger partial charge on any atom is -0.393 e. The second-order valence-electron chi connectivity index (χ2n) is 9.27. The molecule has 1 spiro atoms. The van der Waals surface area contributed by atoms with Crippen LogP contribution in [0.1, 0.15) is 58.8 Å². The van der Waals surface area contributed by atoms with E-state index in [-0.39, 0.29) is 6.10 Å². The summed E-state index contributed by atoms with van der Waals surface area (Å²) in [6.07, 6.45) is 11.8. The fourth-order valence-corrected chi connectivity index (χ4v) is 8.75. The van der Waals surface area contributed by atoms with Crippen molar-refractivity contribution in [3.63, 3.8) is 0 Å². The Balaban J connectivity index is 1.56. The van der Waals surface area contributed by atoms with Crippen LogP contribution in [0.3, 0.4) is 0 Å². The maximum Gasteiger partial charge on any atom is 0.0607 e. The van der Waals surface area contributed by atoms with Gasteiger partial charge in [0.05, 0.1) is 6.10 Å². The third kappa shape index (κ3) is 1.36. The Bertz CT molecular complexity index is 542. The number of fused-ring (bicyclic) bond motifs is 4. The van der Waals surface area contributed by atoms with E-state index in [9.17, 15) is 5.11 Å². The van der Waals surface area contributed by atoms with Gasteiger partial charge in [-0.25, -0.2) is 0 Å². The van der Waals surface area contributed by atoms with E-state index in [1.165, 1.54) is 38.5 Å². The average Bonchev–Trinajstić information content (AvgIpc) is 3.01. The van der Waals surface area contributed by atoms with Crippen LogP contribution in [0.5, 0.6) is 0 Å². The molecule has 116 valence electrons. The zero-order valence-electron chi connectivity index (χ0n) is 13.2. The Morgan fingerprint density at radius 1 is 1.19 bits per heavy atom. The topological polar surface area (TPSA) is 20.2 Å². The van der Waals surface area contributed by atoms with Crippen LogP contribution >= 0.6 is 22.6 Å². The molecule has 1 N–H and O–H groups in total. The molecule has 0 radical (unpaired) electrons. The molecule has 0 bridgehead atoms. The number of aliphatic hydroxyl groups is 1. The van der Waals surface area contributed by atoms with Crippen molar-refractivity contribution >= 4 is 22.6 Å². The first-order chi connectivity index (χ1) is 9.93. The van der Waals surface area contributed by atoms with E-state index in [1.54, 1.807) is 3.58 Å². The minimum atomic E-state index is -0.00291. The SMILES string of the molecule is C[C@]12CC[C@H]3[C@@H](C[C@@H](O)[C@]45C[C@@H]4CC[C@]35C)[C@@H]1CC=C2I. The summed E-state index contributed by atoms with van der Waals surface area (Å²) in [4.78, 5) is 0. The second kappa shape index (κ2) is 3.91. The molecule has 2 heteroatoms. The Morgan fingerprint density at radius 3 is 2.76 bits per heavy atom. The fraction of sp³-hybridized carbons (Fsp3) is 0.895. The summed E-state index contributed by atoms with van der Waals surface area (Å²) in [5.41, 5.74) is 1.24. The molecule has 0 aromatic rings. The lowest BCUT2D eigenvalue weighted by Gasteiger charge is -2.59. The van der Waals surface area contributed by atoms with E-state index in [0.717, 1.165) is 30.1 Å². The van der Waals surface area contributed by atoms with Gasteiger partial charge in [-0.15, -0.1) is 0 Å². The average molecular weight is 398 g/mol. The number of aliphatic hydroxyl groups excluding tert-OH is 1. The molecule has 4 fully saturated rings. The third-order valence-corrected chi connectivity index (χ3v) is 10.7. The van der Waals surface area contributed by atoms with Gasteiger partial charge in [-0.05, 0) is 100 Å². The lowest BCUT2D eigenvalue weighted by Crippen LogP contribution is -2.56. The van der Waals surface area contributed by atoms with Gasteiger partial charge in [0.2, 0.25) is 0 Å². The van der Waals surface area contributed by atoms with E-state index >= 15 is 0 Å². The van der Waals surface area contributed by atoms with Crippen molar-refractivity contribution in [2.75, 3.05) is 0 Å². The molecule has 8 atom stereocenters. The second-order valence-corrected chi connectivity index (χ2v) is 10.4. The molecule has 5 rings (SSSR count). The van der Waals surface area contributed by atoms with Crippen LogP contribution in [0.15, 0.2) is 9.66 Å². The van der Waals surface area contributed by atoms with Gasteiger partial charge < -0.3 is 5.11 Å². The Labute approximate surface area is 142 Å². The number of hydrogen-bond donors (Lipinski definition) is 1. The van der Waals surface area contributed by atoms with Gasteiger partial charge in [0.15, 0.2) is 0 Å².